The van der Waals surface area contributed by atoms with E-state index in [1.54, 1.807) is 10.9 Å². The van der Waals surface area contributed by atoms with Gasteiger partial charge in [-0.1, -0.05) is 0 Å². The third kappa shape index (κ3) is 1.47. The lowest BCUT2D eigenvalue weighted by atomic mass is 10.3. The molecule has 0 aliphatic heterocycles. The molecule has 2 heterocycles. The average molecular weight is 259 g/mol. The number of nitrogens with two attached hydrogens (primary N) is 1. The molecule has 0 saturated carbocycles. The van der Waals surface area contributed by atoms with Crippen LogP contribution in [0.5, 0.6) is 0 Å². The van der Waals surface area contributed by atoms with Gasteiger partial charge in [0.15, 0.2) is 3.92 Å². The van der Waals surface area contributed by atoms with Gasteiger partial charge in [-0.25, -0.2) is 4.98 Å². The van der Waals surface area contributed by atoms with Crippen molar-refractivity contribution in [3.63, 3.8) is 0 Å². The molecule has 0 atom stereocenters. The van der Waals surface area contributed by atoms with Crippen LogP contribution in [0, 0.1) is 0 Å². The minimum Gasteiger partial charge on any atom is -0.396 e. The highest BCUT2D eigenvalue weighted by molar-refractivity contribution is 9.11. The molecule has 0 fully saturated rings. The predicted molar refractivity (Wildman–Crippen MR) is 56.4 cm³/mol. The fraction of sp³-hybridized carbons (Fsp3) is 0.143. The summed E-state index contributed by atoms with van der Waals surface area (Å²) in [4.78, 5) is 4.27. The van der Waals surface area contributed by atoms with E-state index >= 15 is 0 Å². The maximum atomic E-state index is 5.75. The van der Waals surface area contributed by atoms with Gasteiger partial charge in [-0.15, -0.1) is 11.3 Å². The van der Waals surface area contributed by atoms with Crippen LogP contribution in [0.3, 0.4) is 0 Å². The summed E-state index contributed by atoms with van der Waals surface area (Å²) >= 11 is 4.83. The van der Waals surface area contributed by atoms with E-state index in [1.165, 1.54) is 11.3 Å². The van der Waals surface area contributed by atoms with Crippen LogP contribution in [-0.2, 0) is 7.05 Å². The molecule has 68 valence electrons. The van der Waals surface area contributed by atoms with Crippen LogP contribution < -0.4 is 5.73 Å². The Labute approximate surface area is 87.5 Å². The Morgan fingerprint density at radius 3 is 2.85 bits per heavy atom. The quantitative estimate of drug-likeness (QED) is 0.850. The van der Waals surface area contributed by atoms with E-state index in [-0.39, 0.29) is 0 Å². The predicted octanol–water partition coefficient (Wildman–Crippen LogP) is 1.89. The zero-order valence-corrected chi connectivity index (χ0v) is 9.26. The monoisotopic (exact) mass is 258 g/mol. The Morgan fingerprint density at radius 1 is 1.62 bits per heavy atom. The Morgan fingerprint density at radius 2 is 2.38 bits per heavy atom. The lowest BCUT2D eigenvalue weighted by Crippen LogP contribution is -1.95. The molecule has 2 N–H and O–H groups in total. The summed E-state index contributed by atoms with van der Waals surface area (Å²) in [7, 11) is 1.85. The summed E-state index contributed by atoms with van der Waals surface area (Å²) in [5.41, 5.74) is 8.12. The topological polar surface area (TPSA) is 56.7 Å². The Kier molecular flexibility index (Phi) is 2.09. The van der Waals surface area contributed by atoms with Crippen molar-refractivity contribution in [2.45, 2.75) is 0 Å². The van der Waals surface area contributed by atoms with Crippen molar-refractivity contribution in [1.29, 1.82) is 0 Å². The van der Waals surface area contributed by atoms with E-state index in [4.69, 9.17) is 5.73 Å². The van der Waals surface area contributed by atoms with Crippen molar-refractivity contribution < 1.29 is 0 Å². The molecule has 2 aromatic rings. The molecule has 0 aromatic carbocycles. The van der Waals surface area contributed by atoms with Gasteiger partial charge in [-0.3, -0.25) is 4.68 Å². The van der Waals surface area contributed by atoms with E-state index in [9.17, 15) is 0 Å². The second kappa shape index (κ2) is 3.12. The number of hydrogen-bond donors (Lipinski definition) is 1. The first-order chi connectivity index (χ1) is 6.18. The molecule has 0 aliphatic rings. The van der Waals surface area contributed by atoms with Crippen molar-refractivity contribution in [2.75, 3.05) is 5.73 Å². The highest BCUT2D eigenvalue weighted by atomic mass is 79.9. The Hall–Kier alpha value is -0.880. The van der Waals surface area contributed by atoms with Crippen molar-refractivity contribution >= 4 is 33.0 Å². The average Bonchev–Trinajstić information content (AvgIpc) is 2.60. The summed E-state index contributed by atoms with van der Waals surface area (Å²) in [6.45, 7) is 0. The number of anilines is 1. The van der Waals surface area contributed by atoms with Crippen LogP contribution in [-0.4, -0.2) is 14.8 Å². The van der Waals surface area contributed by atoms with Crippen LogP contribution >= 0.6 is 27.3 Å². The van der Waals surface area contributed by atoms with Crippen LogP contribution in [0.25, 0.3) is 11.4 Å². The summed E-state index contributed by atoms with van der Waals surface area (Å²) in [5.74, 6) is 0. The zero-order chi connectivity index (χ0) is 9.42. The number of nitrogens with zero attached hydrogens (tertiary/aromatic N) is 3. The molecule has 4 nitrogen and oxygen atoms in total. The van der Waals surface area contributed by atoms with Gasteiger partial charge in [-0.2, -0.15) is 5.10 Å². The fourth-order valence-electron chi connectivity index (χ4n) is 1.13. The van der Waals surface area contributed by atoms with E-state index in [0.29, 0.717) is 5.69 Å². The lowest BCUT2D eigenvalue weighted by molar-refractivity contribution is 0.774. The normalized spacial score (nSPS) is 10.6. The molecule has 0 aliphatic carbocycles. The molecule has 0 amide bonds. The van der Waals surface area contributed by atoms with E-state index < -0.39 is 0 Å². The van der Waals surface area contributed by atoms with Gasteiger partial charge >= 0.3 is 0 Å². The molecule has 2 aromatic heterocycles. The molecular weight excluding hydrogens is 252 g/mol. The van der Waals surface area contributed by atoms with Gasteiger partial charge in [0.1, 0.15) is 11.4 Å². The Bertz CT molecular complexity index is 414. The maximum absolute atomic E-state index is 5.75. The number of halogens is 1. The molecule has 6 heteroatoms. The van der Waals surface area contributed by atoms with Crippen LogP contribution in [0.4, 0.5) is 5.69 Å². The summed E-state index contributed by atoms with van der Waals surface area (Å²) in [5, 5.41) is 5.98. The third-order valence-corrected chi connectivity index (χ3v) is 3.05. The zero-order valence-electron chi connectivity index (χ0n) is 6.86. The van der Waals surface area contributed by atoms with Crippen molar-refractivity contribution in [3.8, 4) is 11.4 Å². The number of aryl methyl sites for hydroxylation is 1. The molecular formula is C7H7BrN4S. The van der Waals surface area contributed by atoms with Gasteiger partial charge in [0.25, 0.3) is 0 Å². The first kappa shape index (κ1) is 8.71. The number of nitrogen functional groups attached to an aromatic ring is 1. The van der Waals surface area contributed by atoms with Crippen LogP contribution in [0.2, 0.25) is 0 Å². The van der Waals surface area contributed by atoms with Crippen LogP contribution in [0.1, 0.15) is 0 Å². The second-order valence-corrected chi connectivity index (χ2v) is 4.69. The SMILES string of the molecule is Cn1ncc(N)c1-c1csc(Br)n1. The van der Waals surface area contributed by atoms with Gasteiger partial charge in [0.05, 0.1) is 11.9 Å². The summed E-state index contributed by atoms with van der Waals surface area (Å²) in [6, 6.07) is 0. The van der Waals surface area contributed by atoms with E-state index in [2.05, 4.69) is 26.0 Å². The second-order valence-electron chi connectivity index (χ2n) is 2.56. The first-order valence-electron chi connectivity index (χ1n) is 3.57. The highest BCUT2D eigenvalue weighted by Crippen LogP contribution is 2.28. The minimum atomic E-state index is 0.653. The Balaban J connectivity index is 2.57. The van der Waals surface area contributed by atoms with Crippen molar-refractivity contribution in [3.05, 3.63) is 15.5 Å². The summed E-state index contributed by atoms with van der Waals surface area (Å²) < 4.78 is 2.57. The molecule has 0 unspecified atom stereocenters. The highest BCUT2D eigenvalue weighted by Gasteiger charge is 2.10. The molecule has 0 bridgehead atoms. The standard InChI is InChI=1S/C7H7BrN4S/c1-12-6(4(9)2-10-12)5-3-13-7(8)11-5/h2-3H,9H2,1H3. The first-order valence-corrected chi connectivity index (χ1v) is 5.24. The molecule has 2 rings (SSSR count). The van der Waals surface area contributed by atoms with Crippen molar-refractivity contribution in [2.24, 2.45) is 7.05 Å². The lowest BCUT2D eigenvalue weighted by Gasteiger charge is -1.97. The molecule has 13 heavy (non-hydrogen) atoms. The minimum absolute atomic E-state index is 0.653. The van der Waals surface area contributed by atoms with Crippen LogP contribution in [0.15, 0.2) is 15.5 Å². The number of aromatic nitrogens is 3. The number of hydrogen-bond acceptors (Lipinski definition) is 4. The molecule has 0 radical (unpaired) electrons. The van der Waals surface area contributed by atoms with Gasteiger partial charge in [-0.05, 0) is 15.9 Å². The third-order valence-electron chi connectivity index (χ3n) is 1.69. The van der Waals surface area contributed by atoms with Crippen molar-refractivity contribution in [1.82, 2.24) is 14.8 Å². The molecule has 0 spiro atoms. The smallest absolute Gasteiger partial charge is 0.159 e. The van der Waals surface area contributed by atoms with Gasteiger partial charge < -0.3 is 5.73 Å². The largest absolute Gasteiger partial charge is 0.396 e. The van der Waals surface area contributed by atoms with Gasteiger partial charge in [0, 0.05) is 12.4 Å². The van der Waals surface area contributed by atoms with E-state index in [1.807, 2.05) is 12.4 Å². The summed E-state index contributed by atoms with van der Waals surface area (Å²) in [6.07, 6.45) is 1.63. The van der Waals surface area contributed by atoms with E-state index in [0.717, 1.165) is 15.3 Å². The number of thiazole rings is 1. The number of rotatable bonds is 1. The molecule has 0 saturated heterocycles. The fourth-order valence-corrected chi connectivity index (χ4v) is 2.12. The van der Waals surface area contributed by atoms with Gasteiger partial charge in [0.2, 0.25) is 0 Å². The maximum Gasteiger partial charge on any atom is 0.159 e.